The van der Waals surface area contributed by atoms with Crippen molar-refractivity contribution in [2.75, 3.05) is 0 Å². The summed E-state index contributed by atoms with van der Waals surface area (Å²) in [7, 11) is 0. The first-order valence-corrected chi connectivity index (χ1v) is 4.01. The molecule has 0 atom stereocenters. The molecule has 1 aromatic rings. The minimum absolute atomic E-state index is 0.188. The minimum Gasteiger partial charge on any atom is -0.391 e. The van der Waals surface area contributed by atoms with Gasteiger partial charge in [0.15, 0.2) is 0 Å². The first-order chi connectivity index (χ1) is 5.69. The summed E-state index contributed by atoms with van der Waals surface area (Å²) in [4.78, 5) is 13.8. The first kappa shape index (κ1) is 9.00. The summed E-state index contributed by atoms with van der Waals surface area (Å²) in [6.45, 7) is 3.69. The molecule has 0 aliphatic heterocycles. The van der Waals surface area contributed by atoms with Crippen LogP contribution in [0.3, 0.4) is 0 Å². The molecule has 0 spiro atoms. The van der Waals surface area contributed by atoms with Gasteiger partial charge in [0.25, 0.3) is 5.56 Å². The van der Waals surface area contributed by atoms with E-state index in [2.05, 4.69) is 4.98 Å². The quantitative estimate of drug-likeness (QED) is 0.682. The van der Waals surface area contributed by atoms with E-state index in [4.69, 9.17) is 5.11 Å². The maximum absolute atomic E-state index is 11.1. The summed E-state index contributed by atoms with van der Waals surface area (Å²) in [6.07, 6.45) is 0.871. The molecule has 0 bridgehead atoms. The second-order valence-electron chi connectivity index (χ2n) is 2.79. The standard InChI is InChI=1S/C9H13NO2/c1-3-7-4-8(5-11)9(12)10-6(7)2/h4,11H,3,5H2,1-2H3,(H,10,12). The van der Waals surface area contributed by atoms with Gasteiger partial charge in [0.05, 0.1) is 6.61 Å². The van der Waals surface area contributed by atoms with Gasteiger partial charge in [-0.1, -0.05) is 6.92 Å². The molecule has 0 aliphatic rings. The first-order valence-electron chi connectivity index (χ1n) is 4.01. The molecule has 1 rings (SSSR count). The van der Waals surface area contributed by atoms with Crippen molar-refractivity contribution in [2.24, 2.45) is 0 Å². The van der Waals surface area contributed by atoms with Crippen molar-refractivity contribution >= 4 is 0 Å². The average Bonchev–Trinajstić information content (AvgIpc) is 2.05. The number of aliphatic hydroxyl groups excluding tert-OH is 1. The number of H-pyrrole nitrogens is 1. The highest BCUT2D eigenvalue weighted by molar-refractivity contribution is 5.24. The third-order valence-electron chi connectivity index (χ3n) is 1.97. The van der Waals surface area contributed by atoms with Crippen LogP contribution in [0.4, 0.5) is 0 Å². The van der Waals surface area contributed by atoms with Gasteiger partial charge in [-0.15, -0.1) is 0 Å². The van der Waals surface area contributed by atoms with Crippen LogP contribution in [0.25, 0.3) is 0 Å². The Morgan fingerprint density at radius 1 is 1.50 bits per heavy atom. The Morgan fingerprint density at radius 2 is 2.17 bits per heavy atom. The van der Waals surface area contributed by atoms with Crippen molar-refractivity contribution in [3.63, 3.8) is 0 Å². The lowest BCUT2D eigenvalue weighted by Crippen LogP contribution is -2.15. The molecule has 0 aliphatic carbocycles. The van der Waals surface area contributed by atoms with Gasteiger partial charge in [-0.25, -0.2) is 0 Å². The summed E-state index contributed by atoms with van der Waals surface area (Å²) in [6, 6.07) is 1.76. The molecule has 0 amide bonds. The lowest BCUT2D eigenvalue weighted by molar-refractivity contribution is 0.280. The van der Waals surface area contributed by atoms with Crippen molar-refractivity contribution in [1.29, 1.82) is 0 Å². The van der Waals surface area contributed by atoms with Crippen molar-refractivity contribution in [3.8, 4) is 0 Å². The fraction of sp³-hybridized carbons (Fsp3) is 0.444. The summed E-state index contributed by atoms with van der Waals surface area (Å²) in [5.41, 5.74) is 2.23. The molecule has 3 heteroatoms. The Labute approximate surface area is 71.1 Å². The van der Waals surface area contributed by atoms with Crippen LogP contribution in [0.1, 0.15) is 23.7 Å². The number of rotatable bonds is 2. The molecule has 0 aromatic carbocycles. The highest BCUT2D eigenvalue weighted by Gasteiger charge is 2.02. The number of nitrogens with one attached hydrogen (secondary N) is 1. The van der Waals surface area contributed by atoms with E-state index in [0.717, 1.165) is 17.7 Å². The highest BCUT2D eigenvalue weighted by atomic mass is 16.3. The van der Waals surface area contributed by atoms with E-state index >= 15 is 0 Å². The normalized spacial score (nSPS) is 10.2. The summed E-state index contributed by atoms with van der Waals surface area (Å²) in [5.74, 6) is 0. The summed E-state index contributed by atoms with van der Waals surface area (Å²) >= 11 is 0. The topological polar surface area (TPSA) is 53.1 Å². The number of hydrogen-bond donors (Lipinski definition) is 2. The number of aromatic amines is 1. The maximum Gasteiger partial charge on any atom is 0.253 e. The predicted octanol–water partition coefficient (Wildman–Crippen LogP) is 0.738. The fourth-order valence-corrected chi connectivity index (χ4v) is 1.20. The van der Waals surface area contributed by atoms with Gasteiger partial charge in [-0.05, 0) is 25.0 Å². The minimum atomic E-state index is -0.192. The molecular weight excluding hydrogens is 154 g/mol. The molecule has 0 saturated carbocycles. The molecule has 0 unspecified atom stereocenters. The number of aromatic nitrogens is 1. The second-order valence-corrected chi connectivity index (χ2v) is 2.79. The van der Waals surface area contributed by atoms with Crippen LogP contribution in [0.15, 0.2) is 10.9 Å². The van der Waals surface area contributed by atoms with Crippen molar-refractivity contribution < 1.29 is 5.11 Å². The molecular formula is C9H13NO2. The van der Waals surface area contributed by atoms with Crippen LogP contribution in [0.5, 0.6) is 0 Å². The Morgan fingerprint density at radius 3 is 2.67 bits per heavy atom. The van der Waals surface area contributed by atoms with Crippen molar-refractivity contribution in [2.45, 2.75) is 26.9 Å². The van der Waals surface area contributed by atoms with Gasteiger partial charge in [-0.3, -0.25) is 4.79 Å². The van der Waals surface area contributed by atoms with Gasteiger partial charge >= 0.3 is 0 Å². The van der Waals surface area contributed by atoms with E-state index in [9.17, 15) is 4.79 Å². The molecule has 66 valence electrons. The molecule has 2 N–H and O–H groups in total. The predicted molar refractivity (Wildman–Crippen MR) is 47.1 cm³/mol. The van der Waals surface area contributed by atoms with Crippen molar-refractivity contribution in [3.05, 3.63) is 33.2 Å². The molecule has 3 nitrogen and oxygen atoms in total. The number of aryl methyl sites for hydroxylation is 2. The monoisotopic (exact) mass is 167 g/mol. The van der Waals surface area contributed by atoms with E-state index in [1.54, 1.807) is 6.07 Å². The van der Waals surface area contributed by atoms with E-state index in [-0.39, 0.29) is 12.2 Å². The second kappa shape index (κ2) is 3.54. The van der Waals surface area contributed by atoms with Crippen LogP contribution in [-0.4, -0.2) is 10.1 Å². The maximum atomic E-state index is 11.1. The van der Waals surface area contributed by atoms with E-state index in [1.165, 1.54) is 0 Å². The molecule has 1 aromatic heterocycles. The Hall–Kier alpha value is -1.09. The molecule has 0 fully saturated rings. The molecule has 12 heavy (non-hydrogen) atoms. The fourth-order valence-electron chi connectivity index (χ4n) is 1.20. The van der Waals surface area contributed by atoms with Crippen LogP contribution < -0.4 is 5.56 Å². The number of hydrogen-bond acceptors (Lipinski definition) is 2. The molecule has 0 saturated heterocycles. The van der Waals surface area contributed by atoms with Crippen LogP contribution >= 0.6 is 0 Å². The Kier molecular flexibility index (Phi) is 2.65. The van der Waals surface area contributed by atoms with Crippen LogP contribution in [-0.2, 0) is 13.0 Å². The van der Waals surface area contributed by atoms with Gasteiger partial charge in [0.2, 0.25) is 0 Å². The van der Waals surface area contributed by atoms with Crippen molar-refractivity contribution in [1.82, 2.24) is 4.98 Å². The lowest BCUT2D eigenvalue weighted by atomic mass is 10.1. The van der Waals surface area contributed by atoms with Gasteiger partial charge in [0, 0.05) is 11.3 Å². The lowest BCUT2D eigenvalue weighted by Gasteiger charge is -2.03. The summed E-state index contributed by atoms with van der Waals surface area (Å²) in [5, 5.41) is 8.81. The Balaban J connectivity index is 3.27. The van der Waals surface area contributed by atoms with E-state index in [0.29, 0.717) is 5.56 Å². The van der Waals surface area contributed by atoms with E-state index < -0.39 is 0 Å². The highest BCUT2D eigenvalue weighted by Crippen LogP contribution is 2.04. The van der Waals surface area contributed by atoms with Gasteiger partial charge < -0.3 is 10.1 Å². The number of aliphatic hydroxyl groups is 1. The Bertz CT molecular complexity index is 328. The van der Waals surface area contributed by atoms with Crippen LogP contribution in [0.2, 0.25) is 0 Å². The summed E-state index contributed by atoms with van der Waals surface area (Å²) < 4.78 is 0. The molecule has 1 heterocycles. The smallest absolute Gasteiger partial charge is 0.253 e. The third kappa shape index (κ3) is 1.56. The average molecular weight is 167 g/mol. The van der Waals surface area contributed by atoms with Gasteiger partial charge in [0.1, 0.15) is 0 Å². The number of pyridine rings is 1. The van der Waals surface area contributed by atoms with E-state index in [1.807, 2.05) is 13.8 Å². The zero-order valence-electron chi connectivity index (χ0n) is 7.35. The zero-order valence-corrected chi connectivity index (χ0v) is 7.35. The molecule has 0 radical (unpaired) electrons. The third-order valence-corrected chi connectivity index (χ3v) is 1.97. The van der Waals surface area contributed by atoms with Crippen LogP contribution in [0, 0.1) is 6.92 Å². The van der Waals surface area contributed by atoms with Gasteiger partial charge in [-0.2, -0.15) is 0 Å². The SMILES string of the molecule is CCc1cc(CO)c(=O)[nH]c1C. The zero-order chi connectivity index (χ0) is 9.14. The largest absolute Gasteiger partial charge is 0.391 e.